The highest BCUT2D eigenvalue weighted by atomic mass is 127. The summed E-state index contributed by atoms with van der Waals surface area (Å²) < 4.78 is 13.1. The Bertz CT molecular complexity index is 718. The molecule has 1 heterocycles. The Morgan fingerprint density at radius 1 is 1.19 bits per heavy atom. The average Bonchev–Trinajstić information content (AvgIpc) is 3.05. The highest BCUT2D eigenvalue weighted by Crippen LogP contribution is 2.20. The van der Waals surface area contributed by atoms with Crippen molar-refractivity contribution in [1.82, 2.24) is 20.4 Å². The van der Waals surface area contributed by atoms with E-state index in [0.29, 0.717) is 32.9 Å². The Morgan fingerprint density at radius 2 is 1.96 bits per heavy atom. The average molecular weight is 487 g/mol. The summed E-state index contributed by atoms with van der Waals surface area (Å²) in [5, 5.41) is 10.8. The molecular formula is C19H30IN5O2. The zero-order valence-corrected chi connectivity index (χ0v) is 18.8. The highest BCUT2D eigenvalue weighted by molar-refractivity contribution is 14.0. The molecule has 1 aromatic carbocycles. The molecule has 0 saturated heterocycles. The first kappa shape index (κ1) is 23.2. The van der Waals surface area contributed by atoms with Crippen LogP contribution in [0, 0.1) is 6.92 Å². The Labute approximate surface area is 178 Å². The van der Waals surface area contributed by atoms with Gasteiger partial charge >= 0.3 is 0 Å². The van der Waals surface area contributed by atoms with Gasteiger partial charge in [-0.25, -0.2) is 0 Å². The number of rotatable bonds is 9. The number of nitrogens with one attached hydrogen (secondary N) is 2. The molecule has 2 N–H and O–H groups in total. The standard InChI is InChI=1S/C19H29N5O2.HI/c1-5-25-10-11-26-18-12-15(2)6-7-16(18)13-21-19(20-3)22-14-17-8-9-23-24(17)4;/h6-9,12H,5,10-11,13-14H2,1-4H3,(H2,20,21,22);1H. The second kappa shape index (κ2) is 12.6. The minimum absolute atomic E-state index is 0. The highest BCUT2D eigenvalue weighted by Gasteiger charge is 2.07. The second-order valence-corrected chi connectivity index (χ2v) is 5.88. The van der Waals surface area contributed by atoms with E-state index in [0.717, 1.165) is 23.0 Å². The van der Waals surface area contributed by atoms with Crippen LogP contribution in [0.4, 0.5) is 0 Å². The first-order valence-electron chi connectivity index (χ1n) is 8.85. The van der Waals surface area contributed by atoms with Crippen LogP contribution in [0.3, 0.4) is 0 Å². The fourth-order valence-electron chi connectivity index (χ4n) is 2.45. The Kier molecular flexibility index (Phi) is 10.8. The fraction of sp³-hybridized carbons (Fsp3) is 0.474. The van der Waals surface area contributed by atoms with Crippen molar-refractivity contribution in [2.75, 3.05) is 26.9 Å². The number of benzene rings is 1. The van der Waals surface area contributed by atoms with Gasteiger partial charge in [-0.3, -0.25) is 9.67 Å². The molecular weight excluding hydrogens is 457 g/mol. The van der Waals surface area contributed by atoms with Crippen molar-refractivity contribution in [3.63, 3.8) is 0 Å². The molecule has 27 heavy (non-hydrogen) atoms. The molecule has 0 saturated carbocycles. The van der Waals surface area contributed by atoms with E-state index in [1.54, 1.807) is 13.2 Å². The summed E-state index contributed by atoms with van der Waals surface area (Å²) in [5.74, 6) is 1.60. The maximum Gasteiger partial charge on any atom is 0.191 e. The van der Waals surface area contributed by atoms with Gasteiger partial charge in [0.15, 0.2) is 5.96 Å². The van der Waals surface area contributed by atoms with Gasteiger partial charge in [0, 0.05) is 39.0 Å². The number of guanidine groups is 1. The molecule has 2 rings (SSSR count). The predicted molar refractivity (Wildman–Crippen MR) is 119 cm³/mol. The molecule has 2 aromatic rings. The van der Waals surface area contributed by atoms with Crippen LogP contribution in [0.25, 0.3) is 0 Å². The van der Waals surface area contributed by atoms with Gasteiger partial charge in [-0.2, -0.15) is 5.10 Å². The summed E-state index contributed by atoms with van der Waals surface area (Å²) in [5.41, 5.74) is 3.33. The normalized spacial score (nSPS) is 11.0. The van der Waals surface area contributed by atoms with E-state index in [4.69, 9.17) is 9.47 Å². The number of aryl methyl sites for hydroxylation is 2. The van der Waals surface area contributed by atoms with E-state index >= 15 is 0 Å². The first-order valence-corrected chi connectivity index (χ1v) is 8.85. The Hall–Kier alpha value is -1.81. The summed E-state index contributed by atoms with van der Waals surface area (Å²) in [6.07, 6.45) is 1.78. The van der Waals surface area contributed by atoms with Crippen LogP contribution in [-0.4, -0.2) is 42.6 Å². The Balaban J connectivity index is 0.00000364. The van der Waals surface area contributed by atoms with Crippen LogP contribution >= 0.6 is 24.0 Å². The largest absolute Gasteiger partial charge is 0.491 e. The summed E-state index contributed by atoms with van der Waals surface area (Å²) in [6.45, 7) is 7.14. The smallest absolute Gasteiger partial charge is 0.191 e. The van der Waals surface area contributed by atoms with Gasteiger partial charge in [0.05, 0.1) is 18.8 Å². The fourth-order valence-corrected chi connectivity index (χ4v) is 2.45. The molecule has 8 heteroatoms. The number of hydrogen-bond acceptors (Lipinski definition) is 4. The van der Waals surface area contributed by atoms with Crippen LogP contribution in [0.5, 0.6) is 5.75 Å². The second-order valence-electron chi connectivity index (χ2n) is 5.88. The lowest BCUT2D eigenvalue weighted by molar-refractivity contribution is 0.110. The molecule has 0 radical (unpaired) electrons. The summed E-state index contributed by atoms with van der Waals surface area (Å²) in [6, 6.07) is 8.18. The lowest BCUT2D eigenvalue weighted by atomic mass is 10.1. The van der Waals surface area contributed by atoms with Crippen molar-refractivity contribution in [2.24, 2.45) is 12.0 Å². The molecule has 0 atom stereocenters. The van der Waals surface area contributed by atoms with Crippen LogP contribution in [0.15, 0.2) is 35.5 Å². The van der Waals surface area contributed by atoms with Crippen molar-refractivity contribution in [1.29, 1.82) is 0 Å². The van der Waals surface area contributed by atoms with Gasteiger partial charge in [0.2, 0.25) is 0 Å². The van der Waals surface area contributed by atoms with Crippen LogP contribution in [0.2, 0.25) is 0 Å². The zero-order chi connectivity index (χ0) is 18.8. The molecule has 7 nitrogen and oxygen atoms in total. The van der Waals surface area contributed by atoms with Gasteiger partial charge in [-0.05, 0) is 31.5 Å². The molecule has 0 bridgehead atoms. The first-order chi connectivity index (χ1) is 12.6. The molecule has 0 aliphatic rings. The Morgan fingerprint density at radius 3 is 2.63 bits per heavy atom. The number of ether oxygens (including phenoxy) is 2. The number of hydrogen-bond donors (Lipinski definition) is 2. The van der Waals surface area contributed by atoms with Crippen LogP contribution in [-0.2, 0) is 24.9 Å². The maximum atomic E-state index is 5.88. The molecule has 150 valence electrons. The quantitative estimate of drug-likeness (QED) is 0.246. The van der Waals surface area contributed by atoms with Crippen molar-refractivity contribution in [3.05, 3.63) is 47.3 Å². The minimum Gasteiger partial charge on any atom is -0.491 e. The molecule has 1 aromatic heterocycles. The SMILES string of the molecule is CCOCCOc1cc(C)ccc1CNC(=NC)NCc1ccnn1C.I. The van der Waals surface area contributed by atoms with E-state index in [1.165, 1.54) is 5.56 Å². The van der Waals surface area contributed by atoms with Crippen LogP contribution in [0.1, 0.15) is 23.7 Å². The van der Waals surface area contributed by atoms with Gasteiger partial charge in [-0.1, -0.05) is 12.1 Å². The third kappa shape index (κ3) is 7.76. The molecule has 0 aliphatic carbocycles. The van der Waals surface area contributed by atoms with Gasteiger partial charge in [0.1, 0.15) is 12.4 Å². The lowest BCUT2D eigenvalue weighted by Gasteiger charge is -2.15. The minimum atomic E-state index is 0. The third-order valence-electron chi connectivity index (χ3n) is 3.94. The maximum absolute atomic E-state index is 5.88. The van der Waals surface area contributed by atoms with E-state index in [-0.39, 0.29) is 24.0 Å². The molecule has 0 aliphatic heterocycles. The number of aromatic nitrogens is 2. The van der Waals surface area contributed by atoms with Crippen molar-refractivity contribution < 1.29 is 9.47 Å². The summed E-state index contributed by atoms with van der Waals surface area (Å²) in [4.78, 5) is 4.27. The molecule has 0 unspecified atom stereocenters. The van der Waals surface area contributed by atoms with E-state index in [9.17, 15) is 0 Å². The molecule has 0 fully saturated rings. The van der Waals surface area contributed by atoms with Gasteiger partial charge in [-0.15, -0.1) is 24.0 Å². The van der Waals surface area contributed by atoms with E-state index in [1.807, 2.05) is 24.7 Å². The molecule has 0 spiro atoms. The van der Waals surface area contributed by atoms with Gasteiger partial charge < -0.3 is 20.1 Å². The van der Waals surface area contributed by atoms with E-state index in [2.05, 4.69) is 45.8 Å². The lowest BCUT2D eigenvalue weighted by Crippen LogP contribution is -2.36. The number of halogens is 1. The van der Waals surface area contributed by atoms with Gasteiger partial charge in [0.25, 0.3) is 0 Å². The zero-order valence-electron chi connectivity index (χ0n) is 16.5. The predicted octanol–water partition coefficient (Wildman–Crippen LogP) is 2.63. The van der Waals surface area contributed by atoms with Crippen molar-refractivity contribution in [2.45, 2.75) is 26.9 Å². The molecule has 0 amide bonds. The van der Waals surface area contributed by atoms with E-state index < -0.39 is 0 Å². The number of nitrogens with zero attached hydrogens (tertiary/aromatic N) is 3. The summed E-state index contributed by atoms with van der Waals surface area (Å²) in [7, 11) is 3.68. The summed E-state index contributed by atoms with van der Waals surface area (Å²) >= 11 is 0. The monoisotopic (exact) mass is 487 g/mol. The van der Waals surface area contributed by atoms with Crippen LogP contribution < -0.4 is 15.4 Å². The third-order valence-corrected chi connectivity index (χ3v) is 3.94. The van der Waals surface area contributed by atoms with Crippen molar-refractivity contribution >= 4 is 29.9 Å². The topological polar surface area (TPSA) is 72.7 Å². The van der Waals surface area contributed by atoms with Crippen molar-refractivity contribution in [3.8, 4) is 5.75 Å². The number of aliphatic imine (C=N–C) groups is 1.